The van der Waals surface area contributed by atoms with Crippen LogP contribution in [0.3, 0.4) is 0 Å². The average molecular weight is 286 g/mol. The van der Waals surface area contributed by atoms with Gasteiger partial charge in [0.15, 0.2) is 6.10 Å². The van der Waals surface area contributed by atoms with Crippen LogP contribution in [-0.2, 0) is 9.59 Å². The first-order valence-electron chi connectivity index (χ1n) is 5.83. The zero-order valence-electron chi connectivity index (χ0n) is 10.7. The first-order valence-corrected chi connectivity index (χ1v) is 6.20. The SMILES string of the molecule is CC(CC(=O)O)NC(=O)C(C)Oc1cccc(Cl)c1. The highest BCUT2D eigenvalue weighted by molar-refractivity contribution is 6.30. The summed E-state index contributed by atoms with van der Waals surface area (Å²) in [5, 5.41) is 11.7. The summed E-state index contributed by atoms with van der Waals surface area (Å²) in [6.45, 7) is 3.21. The highest BCUT2D eigenvalue weighted by atomic mass is 35.5. The zero-order chi connectivity index (χ0) is 14.4. The van der Waals surface area contributed by atoms with Gasteiger partial charge in [0, 0.05) is 11.1 Å². The third-order valence-corrected chi connectivity index (χ3v) is 2.58. The predicted molar refractivity (Wildman–Crippen MR) is 71.4 cm³/mol. The Bertz CT molecular complexity index is 464. The summed E-state index contributed by atoms with van der Waals surface area (Å²) in [7, 11) is 0. The van der Waals surface area contributed by atoms with Gasteiger partial charge in [-0.1, -0.05) is 17.7 Å². The van der Waals surface area contributed by atoms with Crippen LogP contribution in [0.2, 0.25) is 5.02 Å². The van der Waals surface area contributed by atoms with Crippen molar-refractivity contribution in [2.45, 2.75) is 32.4 Å². The van der Waals surface area contributed by atoms with Gasteiger partial charge in [-0.25, -0.2) is 0 Å². The molecular formula is C13H16ClNO4. The number of hydrogen-bond acceptors (Lipinski definition) is 3. The molecule has 0 aromatic heterocycles. The third-order valence-electron chi connectivity index (χ3n) is 2.35. The molecule has 0 radical (unpaired) electrons. The van der Waals surface area contributed by atoms with Gasteiger partial charge in [0.05, 0.1) is 6.42 Å². The van der Waals surface area contributed by atoms with Gasteiger partial charge in [0.25, 0.3) is 5.91 Å². The van der Waals surface area contributed by atoms with E-state index in [4.69, 9.17) is 21.4 Å². The normalized spacial score (nSPS) is 13.4. The maximum absolute atomic E-state index is 11.8. The minimum Gasteiger partial charge on any atom is -0.481 e. The predicted octanol–water partition coefficient (Wildman–Crippen LogP) is 2.09. The summed E-state index contributed by atoms with van der Waals surface area (Å²) in [6, 6.07) is 6.27. The van der Waals surface area contributed by atoms with Crippen LogP contribution in [-0.4, -0.2) is 29.1 Å². The molecule has 0 spiro atoms. The number of halogens is 1. The van der Waals surface area contributed by atoms with Crippen molar-refractivity contribution < 1.29 is 19.4 Å². The molecule has 0 saturated carbocycles. The van der Waals surface area contributed by atoms with Crippen LogP contribution in [0.1, 0.15) is 20.3 Å². The Balaban J connectivity index is 2.51. The number of carbonyl (C=O) groups excluding carboxylic acids is 1. The number of rotatable bonds is 6. The molecule has 2 atom stereocenters. The molecule has 1 amide bonds. The number of amides is 1. The molecule has 0 heterocycles. The van der Waals surface area contributed by atoms with Crippen LogP contribution in [0.25, 0.3) is 0 Å². The minimum atomic E-state index is -0.962. The van der Waals surface area contributed by atoms with E-state index in [1.54, 1.807) is 38.1 Å². The van der Waals surface area contributed by atoms with Crippen LogP contribution < -0.4 is 10.1 Å². The maximum Gasteiger partial charge on any atom is 0.305 e. The quantitative estimate of drug-likeness (QED) is 0.839. The number of carbonyl (C=O) groups is 2. The first-order chi connectivity index (χ1) is 8.88. The molecule has 0 aliphatic rings. The van der Waals surface area contributed by atoms with E-state index in [9.17, 15) is 9.59 Å². The van der Waals surface area contributed by atoms with Gasteiger partial charge in [0.1, 0.15) is 5.75 Å². The van der Waals surface area contributed by atoms with E-state index in [2.05, 4.69) is 5.32 Å². The largest absolute Gasteiger partial charge is 0.481 e. The average Bonchev–Trinajstić information content (AvgIpc) is 2.27. The summed E-state index contributed by atoms with van der Waals surface area (Å²) >= 11 is 5.80. The molecular weight excluding hydrogens is 270 g/mol. The topological polar surface area (TPSA) is 75.6 Å². The smallest absolute Gasteiger partial charge is 0.305 e. The van der Waals surface area contributed by atoms with Gasteiger partial charge in [-0.3, -0.25) is 9.59 Å². The number of benzene rings is 1. The molecule has 0 aliphatic carbocycles. The third kappa shape index (κ3) is 5.61. The zero-order valence-corrected chi connectivity index (χ0v) is 11.5. The van der Waals surface area contributed by atoms with Gasteiger partial charge in [-0.15, -0.1) is 0 Å². The second kappa shape index (κ2) is 6.99. The molecule has 104 valence electrons. The fourth-order valence-electron chi connectivity index (χ4n) is 1.47. The van der Waals surface area contributed by atoms with Crippen LogP contribution in [0.5, 0.6) is 5.75 Å². The Morgan fingerprint density at radius 1 is 1.42 bits per heavy atom. The van der Waals surface area contributed by atoms with E-state index in [-0.39, 0.29) is 12.3 Å². The number of nitrogens with one attached hydrogen (secondary N) is 1. The lowest BCUT2D eigenvalue weighted by atomic mass is 10.2. The van der Waals surface area contributed by atoms with Crippen molar-refractivity contribution in [2.24, 2.45) is 0 Å². The van der Waals surface area contributed by atoms with E-state index in [1.807, 2.05) is 0 Å². The highest BCUT2D eigenvalue weighted by Gasteiger charge is 2.18. The summed E-state index contributed by atoms with van der Waals surface area (Å²) < 4.78 is 5.42. The van der Waals surface area contributed by atoms with E-state index >= 15 is 0 Å². The molecule has 2 unspecified atom stereocenters. The molecule has 0 fully saturated rings. The van der Waals surface area contributed by atoms with Crippen molar-refractivity contribution >= 4 is 23.5 Å². The highest BCUT2D eigenvalue weighted by Crippen LogP contribution is 2.18. The first kappa shape index (κ1) is 15.3. The summed E-state index contributed by atoms with van der Waals surface area (Å²) in [5.74, 6) is -0.842. The lowest BCUT2D eigenvalue weighted by Gasteiger charge is -2.17. The number of ether oxygens (including phenoxy) is 1. The Morgan fingerprint density at radius 2 is 2.11 bits per heavy atom. The van der Waals surface area contributed by atoms with Crippen molar-refractivity contribution in [3.8, 4) is 5.75 Å². The number of hydrogen-bond donors (Lipinski definition) is 2. The molecule has 2 N–H and O–H groups in total. The molecule has 1 aromatic rings. The Kier molecular flexibility index (Phi) is 5.63. The van der Waals surface area contributed by atoms with Gasteiger partial charge in [-0.2, -0.15) is 0 Å². The fourth-order valence-corrected chi connectivity index (χ4v) is 1.65. The van der Waals surface area contributed by atoms with E-state index in [0.717, 1.165) is 0 Å². The molecule has 5 nitrogen and oxygen atoms in total. The molecule has 1 rings (SSSR count). The molecule has 0 saturated heterocycles. The van der Waals surface area contributed by atoms with Crippen LogP contribution in [0.4, 0.5) is 0 Å². The van der Waals surface area contributed by atoms with Crippen LogP contribution in [0.15, 0.2) is 24.3 Å². The Hall–Kier alpha value is -1.75. The van der Waals surface area contributed by atoms with Crippen molar-refractivity contribution in [1.29, 1.82) is 0 Å². The molecule has 1 aromatic carbocycles. The Labute approximate surface area is 116 Å². The van der Waals surface area contributed by atoms with Crippen LogP contribution >= 0.6 is 11.6 Å². The molecule has 6 heteroatoms. The lowest BCUT2D eigenvalue weighted by molar-refractivity contribution is -0.137. The van der Waals surface area contributed by atoms with Crippen molar-refractivity contribution in [3.05, 3.63) is 29.3 Å². The van der Waals surface area contributed by atoms with Crippen molar-refractivity contribution in [2.75, 3.05) is 0 Å². The number of aliphatic carboxylic acids is 1. The second-order valence-electron chi connectivity index (χ2n) is 4.22. The summed E-state index contributed by atoms with van der Waals surface area (Å²) in [4.78, 5) is 22.3. The van der Waals surface area contributed by atoms with Gasteiger partial charge >= 0.3 is 5.97 Å². The van der Waals surface area contributed by atoms with Crippen LogP contribution in [0, 0.1) is 0 Å². The molecule has 0 bridgehead atoms. The summed E-state index contributed by atoms with van der Waals surface area (Å²) in [5.41, 5.74) is 0. The van der Waals surface area contributed by atoms with E-state index in [0.29, 0.717) is 10.8 Å². The molecule has 19 heavy (non-hydrogen) atoms. The summed E-state index contributed by atoms with van der Waals surface area (Å²) in [6.07, 6.45) is -0.856. The Morgan fingerprint density at radius 3 is 2.68 bits per heavy atom. The second-order valence-corrected chi connectivity index (χ2v) is 4.66. The van der Waals surface area contributed by atoms with Crippen molar-refractivity contribution in [3.63, 3.8) is 0 Å². The maximum atomic E-state index is 11.8. The lowest BCUT2D eigenvalue weighted by Crippen LogP contribution is -2.42. The monoisotopic (exact) mass is 285 g/mol. The number of carboxylic acid groups (broad SMARTS) is 1. The van der Waals surface area contributed by atoms with Crippen molar-refractivity contribution in [1.82, 2.24) is 5.32 Å². The fraction of sp³-hybridized carbons (Fsp3) is 0.385. The standard InChI is InChI=1S/C13H16ClNO4/c1-8(6-12(16)17)15-13(18)9(2)19-11-5-3-4-10(14)7-11/h3-5,7-9H,6H2,1-2H3,(H,15,18)(H,16,17). The van der Waals surface area contributed by atoms with Gasteiger partial charge in [0.2, 0.25) is 0 Å². The number of carboxylic acids is 1. The van der Waals surface area contributed by atoms with Gasteiger partial charge in [-0.05, 0) is 32.0 Å². The van der Waals surface area contributed by atoms with E-state index < -0.39 is 18.1 Å². The minimum absolute atomic E-state index is 0.129. The molecule has 0 aliphatic heterocycles. The van der Waals surface area contributed by atoms with Gasteiger partial charge < -0.3 is 15.2 Å². The van der Waals surface area contributed by atoms with E-state index in [1.165, 1.54) is 0 Å².